The molecule has 27 heavy (non-hydrogen) atoms. The van der Waals surface area contributed by atoms with E-state index >= 15 is 0 Å². The number of amides is 1. The molecule has 0 bridgehead atoms. The Morgan fingerprint density at radius 3 is 2.70 bits per heavy atom. The molecule has 0 atom stereocenters. The third-order valence-corrected chi connectivity index (χ3v) is 4.48. The van der Waals surface area contributed by atoms with Crippen molar-refractivity contribution in [2.75, 3.05) is 51.3 Å². The highest BCUT2D eigenvalue weighted by Gasteiger charge is 2.18. The maximum atomic E-state index is 13.5. The highest BCUT2D eigenvalue weighted by molar-refractivity contribution is 5.94. The molecule has 1 aliphatic rings. The van der Waals surface area contributed by atoms with Crippen molar-refractivity contribution in [2.24, 2.45) is 0 Å². The number of anilines is 1. The number of halogens is 1. The van der Waals surface area contributed by atoms with Crippen molar-refractivity contribution in [3.05, 3.63) is 47.5 Å². The van der Waals surface area contributed by atoms with Gasteiger partial charge in [0.15, 0.2) is 11.6 Å². The number of ether oxygens (including phenoxy) is 1. The summed E-state index contributed by atoms with van der Waals surface area (Å²) in [4.78, 5) is 25.6. The number of aromatic nitrogens is 2. The SMILES string of the molecule is Cc1nc(N2CCN(C)CC2)ncc1C(=O)NCCOc1ccccc1F. The van der Waals surface area contributed by atoms with E-state index in [4.69, 9.17) is 4.74 Å². The number of aryl methyl sites for hydroxylation is 1. The first-order valence-corrected chi connectivity index (χ1v) is 8.97. The Balaban J connectivity index is 1.51. The van der Waals surface area contributed by atoms with Gasteiger partial charge in [-0.3, -0.25) is 4.79 Å². The Labute approximate surface area is 158 Å². The van der Waals surface area contributed by atoms with Gasteiger partial charge in [-0.2, -0.15) is 0 Å². The molecule has 2 aromatic rings. The second-order valence-electron chi connectivity index (χ2n) is 6.49. The van der Waals surface area contributed by atoms with Crippen LogP contribution in [-0.4, -0.2) is 67.2 Å². The number of benzene rings is 1. The smallest absolute Gasteiger partial charge is 0.254 e. The van der Waals surface area contributed by atoms with Crippen LogP contribution in [-0.2, 0) is 0 Å². The van der Waals surface area contributed by atoms with E-state index in [9.17, 15) is 9.18 Å². The lowest BCUT2D eigenvalue weighted by Crippen LogP contribution is -2.45. The minimum atomic E-state index is -0.424. The number of nitrogens with one attached hydrogen (secondary N) is 1. The minimum Gasteiger partial charge on any atom is -0.489 e. The van der Waals surface area contributed by atoms with Gasteiger partial charge in [-0.1, -0.05) is 12.1 Å². The molecule has 0 saturated carbocycles. The van der Waals surface area contributed by atoms with Crippen molar-refractivity contribution >= 4 is 11.9 Å². The zero-order valence-electron chi connectivity index (χ0n) is 15.6. The third-order valence-electron chi connectivity index (χ3n) is 4.48. The zero-order chi connectivity index (χ0) is 19.2. The topological polar surface area (TPSA) is 70.6 Å². The van der Waals surface area contributed by atoms with Crippen LogP contribution in [0, 0.1) is 12.7 Å². The summed E-state index contributed by atoms with van der Waals surface area (Å²) >= 11 is 0. The maximum absolute atomic E-state index is 13.5. The minimum absolute atomic E-state index is 0.169. The standard InChI is InChI=1S/C19H24FN5O2/c1-14-15(13-22-19(23-14)25-10-8-24(2)9-11-25)18(26)21-7-12-27-17-6-4-3-5-16(17)20/h3-6,13H,7-12H2,1-2H3,(H,21,26). The Morgan fingerprint density at radius 2 is 2.00 bits per heavy atom. The molecule has 1 aliphatic heterocycles. The van der Waals surface area contributed by atoms with E-state index in [0.29, 0.717) is 17.2 Å². The molecule has 1 aromatic carbocycles. The van der Waals surface area contributed by atoms with Crippen molar-refractivity contribution < 1.29 is 13.9 Å². The van der Waals surface area contributed by atoms with E-state index in [2.05, 4.69) is 32.1 Å². The van der Waals surface area contributed by atoms with Gasteiger partial charge in [-0.25, -0.2) is 14.4 Å². The number of para-hydroxylation sites is 1. The molecule has 0 radical (unpaired) electrons. The molecule has 2 heterocycles. The molecular weight excluding hydrogens is 349 g/mol. The molecule has 1 amide bonds. The fraction of sp³-hybridized carbons (Fsp3) is 0.421. The summed E-state index contributed by atoms with van der Waals surface area (Å²) in [6.07, 6.45) is 1.56. The molecule has 3 rings (SSSR count). The fourth-order valence-corrected chi connectivity index (χ4v) is 2.82. The first-order chi connectivity index (χ1) is 13.0. The number of nitrogens with zero attached hydrogens (tertiary/aromatic N) is 4. The third kappa shape index (κ3) is 4.91. The zero-order valence-corrected chi connectivity index (χ0v) is 15.6. The number of likely N-dealkylation sites (N-methyl/N-ethyl adjacent to an activating group) is 1. The quantitative estimate of drug-likeness (QED) is 0.774. The van der Waals surface area contributed by atoms with Gasteiger partial charge in [0.25, 0.3) is 5.91 Å². The average Bonchev–Trinajstić information content (AvgIpc) is 2.67. The van der Waals surface area contributed by atoms with E-state index in [1.54, 1.807) is 31.3 Å². The van der Waals surface area contributed by atoms with Gasteiger partial charge in [0, 0.05) is 32.4 Å². The number of hydrogen-bond acceptors (Lipinski definition) is 6. The van der Waals surface area contributed by atoms with Crippen molar-refractivity contribution in [3.8, 4) is 5.75 Å². The predicted octanol–water partition coefficient (Wildman–Crippen LogP) is 1.48. The molecule has 1 aromatic heterocycles. The Bertz CT molecular complexity index is 793. The van der Waals surface area contributed by atoms with Crippen LogP contribution in [0.5, 0.6) is 5.75 Å². The number of piperazine rings is 1. The molecule has 7 nitrogen and oxygen atoms in total. The molecule has 0 unspecified atom stereocenters. The van der Waals surface area contributed by atoms with Gasteiger partial charge in [0.2, 0.25) is 5.95 Å². The van der Waals surface area contributed by atoms with Crippen LogP contribution in [0.2, 0.25) is 0 Å². The maximum Gasteiger partial charge on any atom is 0.254 e. The molecule has 1 fully saturated rings. The summed E-state index contributed by atoms with van der Waals surface area (Å²) in [5.41, 5.74) is 1.06. The van der Waals surface area contributed by atoms with Crippen LogP contribution < -0.4 is 15.0 Å². The first-order valence-electron chi connectivity index (χ1n) is 8.97. The van der Waals surface area contributed by atoms with E-state index < -0.39 is 5.82 Å². The number of carbonyl (C=O) groups excluding carboxylic acids is 1. The van der Waals surface area contributed by atoms with E-state index in [-0.39, 0.29) is 24.8 Å². The van der Waals surface area contributed by atoms with Crippen LogP contribution in [0.15, 0.2) is 30.5 Å². The van der Waals surface area contributed by atoms with Gasteiger partial charge in [0.1, 0.15) is 6.61 Å². The Hall–Kier alpha value is -2.74. The second kappa shape index (κ2) is 8.77. The fourth-order valence-electron chi connectivity index (χ4n) is 2.82. The van der Waals surface area contributed by atoms with Crippen molar-refractivity contribution in [3.63, 3.8) is 0 Å². The molecule has 144 valence electrons. The summed E-state index contributed by atoms with van der Waals surface area (Å²) in [6, 6.07) is 6.17. The highest BCUT2D eigenvalue weighted by atomic mass is 19.1. The summed E-state index contributed by atoms with van der Waals surface area (Å²) in [5.74, 6) is 0.130. The lowest BCUT2D eigenvalue weighted by Gasteiger charge is -2.32. The van der Waals surface area contributed by atoms with Gasteiger partial charge >= 0.3 is 0 Å². The Morgan fingerprint density at radius 1 is 1.26 bits per heavy atom. The van der Waals surface area contributed by atoms with Gasteiger partial charge in [0.05, 0.1) is 17.8 Å². The predicted molar refractivity (Wildman–Crippen MR) is 101 cm³/mol. The van der Waals surface area contributed by atoms with Crippen LogP contribution in [0.4, 0.5) is 10.3 Å². The molecular formula is C19H24FN5O2. The number of carbonyl (C=O) groups is 1. The van der Waals surface area contributed by atoms with E-state index in [0.717, 1.165) is 26.2 Å². The highest BCUT2D eigenvalue weighted by Crippen LogP contribution is 2.15. The lowest BCUT2D eigenvalue weighted by atomic mass is 10.2. The summed E-state index contributed by atoms with van der Waals surface area (Å²) in [6.45, 7) is 5.90. The monoisotopic (exact) mass is 373 g/mol. The first kappa shape index (κ1) is 19.0. The van der Waals surface area contributed by atoms with E-state index in [1.165, 1.54) is 6.07 Å². The number of hydrogen-bond donors (Lipinski definition) is 1. The summed E-state index contributed by atoms with van der Waals surface area (Å²) in [7, 11) is 2.09. The molecule has 8 heteroatoms. The van der Waals surface area contributed by atoms with Crippen LogP contribution in [0.3, 0.4) is 0 Å². The van der Waals surface area contributed by atoms with Crippen LogP contribution in [0.25, 0.3) is 0 Å². The van der Waals surface area contributed by atoms with Crippen LogP contribution >= 0.6 is 0 Å². The van der Waals surface area contributed by atoms with Crippen molar-refractivity contribution in [1.82, 2.24) is 20.2 Å². The van der Waals surface area contributed by atoms with Crippen LogP contribution in [0.1, 0.15) is 16.1 Å². The Kier molecular flexibility index (Phi) is 6.18. The average molecular weight is 373 g/mol. The van der Waals surface area contributed by atoms with Gasteiger partial charge < -0.3 is 19.9 Å². The summed E-state index contributed by atoms with van der Waals surface area (Å²) < 4.78 is 18.8. The largest absolute Gasteiger partial charge is 0.489 e. The van der Waals surface area contributed by atoms with Crippen molar-refractivity contribution in [2.45, 2.75) is 6.92 Å². The summed E-state index contributed by atoms with van der Waals surface area (Å²) in [5, 5.41) is 2.75. The van der Waals surface area contributed by atoms with Gasteiger partial charge in [-0.05, 0) is 26.1 Å². The normalized spacial score (nSPS) is 14.9. The van der Waals surface area contributed by atoms with E-state index in [1.807, 2.05) is 0 Å². The molecule has 0 aliphatic carbocycles. The number of rotatable bonds is 6. The lowest BCUT2D eigenvalue weighted by molar-refractivity contribution is 0.0945. The molecule has 0 spiro atoms. The van der Waals surface area contributed by atoms with Gasteiger partial charge in [-0.15, -0.1) is 0 Å². The molecule has 1 N–H and O–H groups in total. The van der Waals surface area contributed by atoms with Crippen molar-refractivity contribution in [1.29, 1.82) is 0 Å². The molecule has 1 saturated heterocycles. The second-order valence-corrected chi connectivity index (χ2v) is 6.49.